The number of carbonyl (C=O) groups is 2. The van der Waals surface area contributed by atoms with Crippen LogP contribution in [0, 0.1) is 27.7 Å². The summed E-state index contributed by atoms with van der Waals surface area (Å²) in [5, 5.41) is 0.492. The maximum Gasteiger partial charge on any atom is 0.252 e. The van der Waals surface area contributed by atoms with Gasteiger partial charge in [0.05, 0.1) is 17.0 Å². The third-order valence-electron chi connectivity index (χ3n) is 7.28. The number of hydrogen-bond acceptors (Lipinski definition) is 4. The molecule has 0 bridgehead atoms. The van der Waals surface area contributed by atoms with E-state index in [2.05, 4.69) is 0 Å². The normalized spacial score (nSPS) is 19.9. The minimum absolute atomic E-state index is 0.167. The van der Waals surface area contributed by atoms with Crippen LogP contribution in [-0.2, 0) is 19.6 Å². The molecule has 8 heteroatoms. The molecule has 34 heavy (non-hydrogen) atoms. The van der Waals surface area contributed by atoms with Gasteiger partial charge in [0.25, 0.3) is 5.91 Å². The van der Waals surface area contributed by atoms with Crippen molar-refractivity contribution in [1.82, 2.24) is 4.31 Å². The van der Waals surface area contributed by atoms with Crippen molar-refractivity contribution < 1.29 is 18.0 Å². The summed E-state index contributed by atoms with van der Waals surface area (Å²) in [4.78, 5) is 28.0. The summed E-state index contributed by atoms with van der Waals surface area (Å²) in [5.41, 5.74) is 3.57. The molecule has 2 aliphatic rings. The van der Waals surface area contributed by atoms with E-state index >= 15 is 0 Å². The van der Waals surface area contributed by atoms with E-state index in [1.54, 1.807) is 24.3 Å². The second kappa shape index (κ2) is 9.44. The lowest BCUT2D eigenvalue weighted by Gasteiger charge is -2.37. The van der Waals surface area contributed by atoms with E-state index in [9.17, 15) is 18.0 Å². The first-order chi connectivity index (χ1) is 16.0. The number of benzene rings is 2. The largest absolute Gasteiger partial charge is 0.274 e. The Balaban J connectivity index is 1.83. The zero-order valence-electron chi connectivity index (χ0n) is 20.1. The number of nitrogens with zero attached hydrogens (tertiary/aromatic N) is 2. The van der Waals surface area contributed by atoms with Crippen molar-refractivity contribution in [2.45, 2.75) is 83.2 Å². The first-order valence-corrected chi connectivity index (χ1v) is 13.6. The maximum absolute atomic E-state index is 14.3. The van der Waals surface area contributed by atoms with Crippen LogP contribution in [0.2, 0.25) is 5.02 Å². The van der Waals surface area contributed by atoms with Crippen LogP contribution in [0.25, 0.3) is 0 Å². The van der Waals surface area contributed by atoms with Crippen molar-refractivity contribution in [1.29, 1.82) is 0 Å². The molecule has 2 fully saturated rings. The molecule has 0 aromatic heterocycles. The Kier molecular flexibility index (Phi) is 6.91. The standard InChI is InChI=1S/C26H31ClN2O4S/c1-16-14-17(2)19(4)25(18(16)3)34(32,33)29(22-8-6-5-7-9-22)23-15-24(30)28(26(23)31)21-12-10-20(27)11-13-21/h10-14,22-23H,5-9,15H2,1-4H3. The average molecular weight is 503 g/mol. The Morgan fingerprint density at radius 1 is 0.912 bits per heavy atom. The van der Waals surface area contributed by atoms with Gasteiger partial charge in [-0.15, -0.1) is 0 Å². The van der Waals surface area contributed by atoms with E-state index < -0.39 is 27.9 Å². The van der Waals surface area contributed by atoms with E-state index in [0.717, 1.165) is 35.3 Å². The molecule has 1 saturated heterocycles. The Morgan fingerprint density at radius 3 is 2.03 bits per heavy atom. The Bertz CT molecular complexity index is 1210. The SMILES string of the molecule is Cc1cc(C)c(C)c(S(=O)(=O)N(C2CCCCC2)C2CC(=O)N(c3ccc(Cl)cc3)C2=O)c1C. The lowest BCUT2D eigenvalue weighted by atomic mass is 9.94. The van der Waals surface area contributed by atoms with Crippen molar-refractivity contribution in [3.63, 3.8) is 0 Å². The van der Waals surface area contributed by atoms with Crippen molar-refractivity contribution in [2.75, 3.05) is 4.90 Å². The molecule has 2 aromatic rings. The summed E-state index contributed by atoms with van der Waals surface area (Å²) in [6.07, 6.45) is 4.04. The van der Waals surface area contributed by atoms with Crippen LogP contribution >= 0.6 is 11.6 Å². The number of sulfonamides is 1. The van der Waals surface area contributed by atoms with Gasteiger partial charge in [-0.05, 0) is 87.1 Å². The highest BCUT2D eigenvalue weighted by Crippen LogP contribution is 2.38. The molecule has 1 aliphatic carbocycles. The third kappa shape index (κ3) is 4.30. The van der Waals surface area contributed by atoms with E-state index in [0.29, 0.717) is 34.7 Å². The average Bonchev–Trinajstić information content (AvgIpc) is 3.07. The number of carbonyl (C=O) groups excluding carboxylic acids is 2. The number of aryl methyl sites for hydroxylation is 2. The fraction of sp³-hybridized carbons (Fsp3) is 0.462. The first kappa shape index (κ1) is 24.9. The molecular weight excluding hydrogens is 472 g/mol. The van der Waals surface area contributed by atoms with E-state index in [1.165, 1.54) is 4.31 Å². The minimum atomic E-state index is -4.05. The summed E-state index contributed by atoms with van der Waals surface area (Å²) in [6.45, 7) is 7.43. The quantitative estimate of drug-likeness (QED) is 0.525. The van der Waals surface area contributed by atoms with Crippen molar-refractivity contribution in [3.05, 3.63) is 57.6 Å². The Hall–Kier alpha value is -2.22. The predicted octanol–water partition coefficient (Wildman–Crippen LogP) is 5.23. The number of amides is 2. The van der Waals surface area contributed by atoms with Crippen LogP contribution in [0.5, 0.6) is 0 Å². The molecule has 2 aromatic carbocycles. The van der Waals surface area contributed by atoms with E-state index in [1.807, 2.05) is 33.8 Å². The van der Waals surface area contributed by atoms with Gasteiger partial charge in [0, 0.05) is 11.1 Å². The third-order valence-corrected chi connectivity index (χ3v) is 9.77. The van der Waals surface area contributed by atoms with Crippen LogP contribution in [0.4, 0.5) is 5.69 Å². The highest BCUT2D eigenvalue weighted by Gasteiger charge is 2.50. The predicted molar refractivity (Wildman–Crippen MR) is 134 cm³/mol. The number of rotatable bonds is 5. The van der Waals surface area contributed by atoms with Crippen LogP contribution in [0.3, 0.4) is 0 Å². The van der Waals surface area contributed by atoms with Gasteiger partial charge in [-0.2, -0.15) is 4.31 Å². The molecule has 1 aliphatic heterocycles. The Labute approximate surface area is 206 Å². The van der Waals surface area contributed by atoms with Gasteiger partial charge in [-0.1, -0.05) is 36.9 Å². The maximum atomic E-state index is 14.3. The molecular formula is C26H31ClN2O4S. The fourth-order valence-electron chi connectivity index (χ4n) is 5.30. The number of imide groups is 1. The molecule has 6 nitrogen and oxygen atoms in total. The number of hydrogen-bond donors (Lipinski definition) is 0. The van der Waals surface area contributed by atoms with Gasteiger partial charge in [-0.25, -0.2) is 13.3 Å². The van der Waals surface area contributed by atoms with Gasteiger partial charge in [0.15, 0.2) is 0 Å². The molecule has 2 amide bonds. The van der Waals surface area contributed by atoms with Crippen molar-refractivity contribution in [2.24, 2.45) is 0 Å². The molecule has 0 N–H and O–H groups in total. The second-order valence-corrected chi connectivity index (χ2v) is 11.7. The monoisotopic (exact) mass is 502 g/mol. The zero-order valence-corrected chi connectivity index (χ0v) is 21.7. The molecule has 4 rings (SSSR count). The molecule has 1 heterocycles. The van der Waals surface area contributed by atoms with E-state index in [4.69, 9.17) is 11.6 Å². The van der Waals surface area contributed by atoms with Crippen LogP contribution < -0.4 is 4.90 Å². The van der Waals surface area contributed by atoms with Gasteiger partial charge < -0.3 is 0 Å². The molecule has 182 valence electrons. The minimum Gasteiger partial charge on any atom is -0.274 e. The smallest absolute Gasteiger partial charge is 0.252 e. The summed E-state index contributed by atoms with van der Waals surface area (Å²) in [6, 6.07) is 7.06. The second-order valence-electron chi connectivity index (χ2n) is 9.48. The lowest BCUT2D eigenvalue weighted by Crippen LogP contribution is -2.51. The highest BCUT2D eigenvalue weighted by molar-refractivity contribution is 7.89. The van der Waals surface area contributed by atoms with E-state index in [-0.39, 0.29) is 17.4 Å². The van der Waals surface area contributed by atoms with Crippen LogP contribution in [-0.4, -0.2) is 36.6 Å². The molecule has 1 saturated carbocycles. The number of halogens is 1. The summed E-state index contributed by atoms with van der Waals surface area (Å²) >= 11 is 5.98. The molecule has 0 spiro atoms. The summed E-state index contributed by atoms with van der Waals surface area (Å²) in [7, 11) is -4.05. The van der Waals surface area contributed by atoms with Gasteiger partial charge in [0.1, 0.15) is 6.04 Å². The highest BCUT2D eigenvalue weighted by atomic mass is 35.5. The molecule has 0 radical (unpaired) electrons. The lowest BCUT2D eigenvalue weighted by molar-refractivity contribution is -0.122. The van der Waals surface area contributed by atoms with Crippen LogP contribution in [0.15, 0.2) is 35.2 Å². The molecule has 1 unspecified atom stereocenters. The van der Waals surface area contributed by atoms with Crippen molar-refractivity contribution in [3.8, 4) is 0 Å². The van der Waals surface area contributed by atoms with Crippen LogP contribution in [0.1, 0.15) is 60.8 Å². The fourth-order valence-corrected chi connectivity index (χ4v) is 7.84. The number of anilines is 1. The van der Waals surface area contributed by atoms with Gasteiger partial charge in [0.2, 0.25) is 15.9 Å². The van der Waals surface area contributed by atoms with Gasteiger partial charge in [-0.3, -0.25) is 9.59 Å². The zero-order chi connectivity index (χ0) is 24.8. The van der Waals surface area contributed by atoms with Gasteiger partial charge >= 0.3 is 0 Å². The Morgan fingerprint density at radius 2 is 1.47 bits per heavy atom. The summed E-state index contributed by atoms with van der Waals surface area (Å²) < 4.78 is 30.0. The molecule has 1 atom stereocenters. The first-order valence-electron chi connectivity index (χ1n) is 11.8. The topological polar surface area (TPSA) is 74.8 Å². The van der Waals surface area contributed by atoms with Crippen molar-refractivity contribution >= 4 is 39.1 Å². The summed E-state index contributed by atoms with van der Waals surface area (Å²) in [5.74, 6) is -0.900.